The van der Waals surface area contributed by atoms with E-state index in [-0.39, 0.29) is 11.9 Å². The first-order chi connectivity index (χ1) is 12.7. The van der Waals surface area contributed by atoms with Crippen LogP contribution in [0.3, 0.4) is 0 Å². The monoisotopic (exact) mass is 346 g/mol. The lowest BCUT2D eigenvalue weighted by Crippen LogP contribution is -2.27. The van der Waals surface area contributed by atoms with Crippen LogP contribution in [0.2, 0.25) is 0 Å². The maximum Gasteiger partial charge on any atom is 0.270 e. The fraction of sp³-hybridized carbons (Fsp3) is 0.190. The van der Waals surface area contributed by atoms with Gasteiger partial charge in [-0.1, -0.05) is 60.7 Å². The van der Waals surface area contributed by atoms with Crippen LogP contribution in [0.4, 0.5) is 5.82 Å². The lowest BCUT2D eigenvalue weighted by molar-refractivity contribution is 0.0934. The molecule has 0 saturated carbocycles. The molecule has 1 amide bonds. The summed E-state index contributed by atoms with van der Waals surface area (Å²) in [6.45, 7) is 2.69. The molecule has 0 aliphatic heterocycles. The van der Waals surface area contributed by atoms with Crippen LogP contribution in [0.15, 0.2) is 73.1 Å². The first-order valence-corrected chi connectivity index (χ1v) is 8.68. The summed E-state index contributed by atoms with van der Waals surface area (Å²) >= 11 is 0. The fourth-order valence-electron chi connectivity index (χ4n) is 2.65. The zero-order valence-corrected chi connectivity index (χ0v) is 14.7. The van der Waals surface area contributed by atoms with Gasteiger partial charge in [-0.25, -0.2) is 9.97 Å². The number of rotatable bonds is 7. The largest absolute Gasteiger partial charge is 0.370 e. The van der Waals surface area contributed by atoms with E-state index in [2.05, 4.69) is 32.7 Å². The number of hydrogen-bond donors (Lipinski definition) is 2. The molecule has 1 unspecified atom stereocenters. The third kappa shape index (κ3) is 4.89. The molecule has 5 nitrogen and oxygen atoms in total. The molecule has 132 valence electrons. The van der Waals surface area contributed by atoms with Crippen molar-refractivity contribution < 1.29 is 4.79 Å². The van der Waals surface area contributed by atoms with Crippen molar-refractivity contribution in [3.8, 4) is 0 Å². The first-order valence-electron chi connectivity index (χ1n) is 8.68. The number of carbonyl (C=O) groups is 1. The Morgan fingerprint density at radius 2 is 1.69 bits per heavy atom. The predicted octanol–water partition coefficient (Wildman–Crippen LogP) is 3.62. The van der Waals surface area contributed by atoms with Crippen LogP contribution in [-0.2, 0) is 6.42 Å². The van der Waals surface area contributed by atoms with Crippen molar-refractivity contribution in [2.75, 3.05) is 11.9 Å². The molecule has 1 aromatic heterocycles. The average Bonchev–Trinajstić information content (AvgIpc) is 2.69. The van der Waals surface area contributed by atoms with Gasteiger partial charge in [-0.3, -0.25) is 4.79 Å². The Morgan fingerprint density at radius 3 is 2.42 bits per heavy atom. The number of nitrogens with zero attached hydrogens (tertiary/aromatic N) is 2. The highest BCUT2D eigenvalue weighted by Gasteiger charge is 2.13. The van der Waals surface area contributed by atoms with Crippen LogP contribution < -0.4 is 10.6 Å². The van der Waals surface area contributed by atoms with Gasteiger partial charge in [-0.2, -0.15) is 0 Å². The maximum atomic E-state index is 12.4. The number of amides is 1. The van der Waals surface area contributed by atoms with Gasteiger partial charge in [0.05, 0.1) is 6.04 Å². The second-order valence-electron chi connectivity index (χ2n) is 6.06. The SMILES string of the molecule is CC(NC(=O)c1cc(NCCc2ccccc2)ncn1)c1ccccc1. The standard InChI is InChI=1S/C21H22N4O/c1-16(18-10-6-3-7-11-18)25-21(26)19-14-20(24-15-23-19)22-13-12-17-8-4-2-5-9-17/h2-11,14-16H,12-13H2,1H3,(H,25,26)(H,22,23,24). The highest BCUT2D eigenvalue weighted by Crippen LogP contribution is 2.12. The van der Waals surface area contributed by atoms with Crippen molar-refractivity contribution in [1.29, 1.82) is 0 Å². The fourth-order valence-corrected chi connectivity index (χ4v) is 2.65. The van der Waals surface area contributed by atoms with E-state index in [0.717, 1.165) is 18.5 Å². The van der Waals surface area contributed by atoms with Crippen LogP contribution in [0.1, 0.15) is 34.6 Å². The number of benzene rings is 2. The van der Waals surface area contributed by atoms with E-state index in [9.17, 15) is 4.79 Å². The van der Waals surface area contributed by atoms with Crippen LogP contribution in [0, 0.1) is 0 Å². The molecule has 2 N–H and O–H groups in total. The molecule has 0 aliphatic rings. The zero-order valence-electron chi connectivity index (χ0n) is 14.7. The van der Waals surface area contributed by atoms with Crippen LogP contribution in [-0.4, -0.2) is 22.4 Å². The zero-order chi connectivity index (χ0) is 18.2. The van der Waals surface area contributed by atoms with Gasteiger partial charge in [0, 0.05) is 12.6 Å². The Labute approximate surface area is 153 Å². The minimum Gasteiger partial charge on any atom is -0.370 e. The van der Waals surface area contributed by atoms with E-state index in [1.54, 1.807) is 6.07 Å². The molecule has 0 bridgehead atoms. The number of anilines is 1. The summed E-state index contributed by atoms with van der Waals surface area (Å²) in [5, 5.41) is 6.21. The van der Waals surface area contributed by atoms with Crippen molar-refractivity contribution in [2.45, 2.75) is 19.4 Å². The molecule has 0 saturated heterocycles. The summed E-state index contributed by atoms with van der Waals surface area (Å²) in [6, 6.07) is 21.7. The van der Waals surface area contributed by atoms with E-state index < -0.39 is 0 Å². The Kier molecular flexibility index (Phi) is 5.93. The number of aromatic nitrogens is 2. The molecule has 26 heavy (non-hydrogen) atoms. The van der Waals surface area contributed by atoms with Crippen molar-refractivity contribution in [3.63, 3.8) is 0 Å². The van der Waals surface area contributed by atoms with Crippen molar-refractivity contribution in [1.82, 2.24) is 15.3 Å². The van der Waals surface area contributed by atoms with Gasteiger partial charge in [-0.15, -0.1) is 0 Å². The van der Waals surface area contributed by atoms with Crippen LogP contribution in [0.25, 0.3) is 0 Å². The molecule has 5 heteroatoms. The molecule has 3 aromatic rings. The summed E-state index contributed by atoms with van der Waals surface area (Å²) in [5.41, 5.74) is 2.66. The quantitative estimate of drug-likeness (QED) is 0.686. The predicted molar refractivity (Wildman–Crippen MR) is 103 cm³/mol. The van der Waals surface area contributed by atoms with Crippen molar-refractivity contribution >= 4 is 11.7 Å². The minimum atomic E-state index is -0.213. The summed E-state index contributed by atoms with van der Waals surface area (Å²) < 4.78 is 0. The van der Waals surface area contributed by atoms with Gasteiger partial charge in [0.2, 0.25) is 0 Å². The molecule has 0 fully saturated rings. The summed E-state index contributed by atoms with van der Waals surface area (Å²) in [5.74, 6) is 0.434. The summed E-state index contributed by atoms with van der Waals surface area (Å²) in [7, 11) is 0. The molecular weight excluding hydrogens is 324 g/mol. The molecule has 2 aromatic carbocycles. The first kappa shape index (κ1) is 17.6. The molecule has 1 heterocycles. The van der Waals surface area contributed by atoms with E-state index >= 15 is 0 Å². The Hall–Kier alpha value is -3.21. The molecule has 0 radical (unpaired) electrons. The normalized spacial score (nSPS) is 11.6. The Morgan fingerprint density at radius 1 is 1.00 bits per heavy atom. The highest BCUT2D eigenvalue weighted by molar-refractivity contribution is 5.93. The van der Waals surface area contributed by atoms with Crippen molar-refractivity contribution in [2.24, 2.45) is 0 Å². The van der Waals surface area contributed by atoms with Gasteiger partial charge >= 0.3 is 0 Å². The third-order valence-corrected chi connectivity index (χ3v) is 4.11. The second kappa shape index (κ2) is 8.76. The molecule has 3 rings (SSSR count). The van der Waals surface area contributed by atoms with Crippen LogP contribution in [0.5, 0.6) is 0 Å². The highest BCUT2D eigenvalue weighted by atomic mass is 16.1. The van der Waals surface area contributed by atoms with E-state index in [4.69, 9.17) is 0 Å². The Balaban J connectivity index is 1.57. The van der Waals surface area contributed by atoms with Gasteiger partial charge < -0.3 is 10.6 Å². The smallest absolute Gasteiger partial charge is 0.270 e. The lowest BCUT2D eigenvalue weighted by atomic mass is 10.1. The molecule has 1 atom stereocenters. The molecule has 0 aliphatic carbocycles. The molecular formula is C21H22N4O. The lowest BCUT2D eigenvalue weighted by Gasteiger charge is -2.14. The topological polar surface area (TPSA) is 66.9 Å². The summed E-state index contributed by atoms with van der Waals surface area (Å²) in [6.07, 6.45) is 2.30. The van der Waals surface area contributed by atoms with Crippen molar-refractivity contribution in [3.05, 3.63) is 89.9 Å². The van der Waals surface area contributed by atoms with Gasteiger partial charge in [-0.05, 0) is 24.5 Å². The van der Waals surface area contributed by atoms with Gasteiger partial charge in [0.1, 0.15) is 17.8 Å². The van der Waals surface area contributed by atoms with Gasteiger partial charge in [0.25, 0.3) is 5.91 Å². The molecule has 0 spiro atoms. The van der Waals surface area contributed by atoms with E-state index in [1.165, 1.54) is 11.9 Å². The third-order valence-electron chi connectivity index (χ3n) is 4.11. The maximum absolute atomic E-state index is 12.4. The van der Waals surface area contributed by atoms with Gasteiger partial charge in [0.15, 0.2) is 0 Å². The number of hydrogen-bond acceptors (Lipinski definition) is 4. The number of nitrogens with one attached hydrogen (secondary N) is 2. The minimum absolute atomic E-state index is 0.0897. The summed E-state index contributed by atoms with van der Waals surface area (Å²) in [4.78, 5) is 20.7. The van der Waals surface area contributed by atoms with Crippen LogP contribution >= 0.6 is 0 Å². The second-order valence-corrected chi connectivity index (χ2v) is 6.06. The van der Waals surface area contributed by atoms with E-state index in [1.807, 2.05) is 55.5 Å². The Bertz CT molecular complexity index is 837. The van der Waals surface area contributed by atoms with E-state index in [0.29, 0.717) is 11.5 Å². The number of carbonyl (C=O) groups excluding carboxylic acids is 1. The average molecular weight is 346 g/mol.